The molecular formula is C51H37N. The molecule has 1 heteroatoms. The lowest BCUT2D eigenvalue weighted by atomic mass is 9.82. The van der Waals surface area contributed by atoms with Crippen molar-refractivity contribution < 1.29 is 0 Å². The van der Waals surface area contributed by atoms with E-state index in [4.69, 9.17) is 0 Å². The molecular weight excluding hydrogens is 627 g/mol. The number of nitrogens with zero attached hydrogens (tertiary/aromatic N) is 1. The summed E-state index contributed by atoms with van der Waals surface area (Å²) in [6.07, 6.45) is 0. The number of anilines is 3. The summed E-state index contributed by atoms with van der Waals surface area (Å²) in [6, 6.07) is 69.3. The first-order valence-corrected chi connectivity index (χ1v) is 18.2. The molecule has 0 bridgehead atoms. The van der Waals surface area contributed by atoms with Crippen LogP contribution in [0.1, 0.15) is 25.0 Å². The molecule has 9 aromatic carbocycles. The highest BCUT2D eigenvalue weighted by molar-refractivity contribution is 6.15. The molecule has 1 aliphatic carbocycles. The predicted molar refractivity (Wildman–Crippen MR) is 222 cm³/mol. The van der Waals surface area contributed by atoms with Gasteiger partial charge in [0, 0.05) is 22.1 Å². The van der Waals surface area contributed by atoms with Crippen LogP contribution in [0, 0.1) is 0 Å². The summed E-state index contributed by atoms with van der Waals surface area (Å²) in [4.78, 5) is 2.51. The van der Waals surface area contributed by atoms with Gasteiger partial charge in [-0.1, -0.05) is 172 Å². The van der Waals surface area contributed by atoms with Gasteiger partial charge in [-0.2, -0.15) is 0 Å². The monoisotopic (exact) mass is 663 g/mol. The molecule has 0 heterocycles. The van der Waals surface area contributed by atoms with Crippen molar-refractivity contribution in [2.24, 2.45) is 0 Å². The van der Waals surface area contributed by atoms with Crippen molar-refractivity contribution in [3.8, 4) is 33.4 Å². The summed E-state index contributed by atoms with van der Waals surface area (Å²) < 4.78 is 0. The maximum atomic E-state index is 2.51. The fourth-order valence-corrected chi connectivity index (χ4v) is 8.70. The Bertz CT molecular complexity index is 2830. The van der Waals surface area contributed by atoms with E-state index in [-0.39, 0.29) is 5.41 Å². The van der Waals surface area contributed by atoms with Crippen LogP contribution in [-0.4, -0.2) is 0 Å². The molecule has 0 aliphatic heterocycles. The van der Waals surface area contributed by atoms with Crippen LogP contribution in [0.2, 0.25) is 0 Å². The second-order valence-electron chi connectivity index (χ2n) is 14.5. The second-order valence-corrected chi connectivity index (χ2v) is 14.5. The topological polar surface area (TPSA) is 3.24 Å². The minimum Gasteiger partial charge on any atom is -0.309 e. The van der Waals surface area contributed by atoms with Gasteiger partial charge in [0.05, 0.1) is 11.4 Å². The van der Waals surface area contributed by atoms with Crippen molar-refractivity contribution in [1.29, 1.82) is 0 Å². The number of hydrogen-bond donors (Lipinski definition) is 0. The van der Waals surface area contributed by atoms with Gasteiger partial charge in [-0.3, -0.25) is 0 Å². The first kappa shape index (κ1) is 30.4. The van der Waals surface area contributed by atoms with Gasteiger partial charge in [0.2, 0.25) is 0 Å². The Hall–Kier alpha value is -6.44. The molecule has 0 amide bonds. The van der Waals surface area contributed by atoms with E-state index in [1.807, 2.05) is 0 Å². The Labute approximate surface area is 305 Å². The van der Waals surface area contributed by atoms with Crippen LogP contribution in [0.3, 0.4) is 0 Å². The fourth-order valence-electron chi connectivity index (χ4n) is 8.70. The molecule has 0 saturated heterocycles. The average Bonchev–Trinajstić information content (AvgIpc) is 3.43. The molecule has 0 aromatic heterocycles. The summed E-state index contributed by atoms with van der Waals surface area (Å²) in [5.41, 5.74) is 13.6. The number of para-hydroxylation sites is 1. The minimum absolute atomic E-state index is 0.120. The second kappa shape index (κ2) is 11.8. The zero-order chi connectivity index (χ0) is 34.8. The molecule has 1 aliphatic rings. The third-order valence-corrected chi connectivity index (χ3v) is 11.2. The molecule has 0 spiro atoms. The van der Waals surface area contributed by atoms with Crippen LogP contribution >= 0.6 is 0 Å². The molecule has 0 atom stereocenters. The van der Waals surface area contributed by atoms with Crippen molar-refractivity contribution in [1.82, 2.24) is 0 Å². The van der Waals surface area contributed by atoms with E-state index in [2.05, 4.69) is 207 Å². The number of benzene rings is 9. The van der Waals surface area contributed by atoms with Crippen LogP contribution in [0.5, 0.6) is 0 Å². The van der Waals surface area contributed by atoms with Gasteiger partial charge in [0.1, 0.15) is 0 Å². The Morgan fingerprint density at radius 3 is 1.77 bits per heavy atom. The molecule has 246 valence electrons. The summed E-state index contributed by atoms with van der Waals surface area (Å²) >= 11 is 0. The lowest BCUT2D eigenvalue weighted by Crippen LogP contribution is -2.17. The molecule has 9 aromatic rings. The lowest BCUT2D eigenvalue weighted by molar-refractivity contribution is 0.660. The third-order valence-electron chi connectivity index (χ3n) is 11.2. The van der Waals surface area contributed by atoms with E-state index in [9.17, 15) is 0 Å². The third kappa shape index (κ3) is 4.70. The molecule has 1 nitrogen and oxygen atoms in total. The van der Waals surface area contributed by atoms with Crippen LogP contribution in [0.25, 0.3) is 65.7 Å². The van der Waals surface area contributed by atoms with Crippen molar-refractivity contribution in [2.45, 2.75) is 19.3 Å². The van der Waals surface area contributed by atoms with E-state index in [1.54, 1.807) is 0 Å². The molecule has 0 saturated carbocycles. The summed E-state index contributed by atoms with van der Waals surface area (Å²) in [7, 11) is 0. The fraction of sp³-hybridized carbons (Fsp3) is 0.0588. The molecule has 0 N–H and O–H groups in total. The minimum atomic E-state index is -0.120. The van der Waals surface area contributed by atoms with Gasteiger partial charge in [-0.15, -0.1) is 0 Å². The highest BCUT2D eigenvalue weighted by atomic mass is 15.1. The molecule has 0 fully saturated rings. The SMILES string of the molecule is CC1(C)c2ccccc2-c2ccc(N(c3ccccc3-c3cccc(-c4cccc5ccccc45)c3)c3cc4ccccc4c4ccccc34)cc21. The number of rotatable bonds is 5. The zero-order valence-electron chi connectivity index (χ0n) is 29.3. The lowest BCUT2D eigenvalue weighted by Gasteiger charge is -2.31. The quantitative estimate of drug-likeness (QED) is 0.166. The van der Waals surface area contributed by atoms with Gasteiger partial charge in [-0.05, 0) is 96.2 Å². The van der Waals surface area contributed by atoms with Gasteiger partial charge >= 0.3 is 0 Å². The van der Waals surface area contributed by atoms with Crippen molar-refractivity contribution >= 4 is 49.4 Å². The summed E-state index contributed by atoms with van der Waals surface area (Å²) in [6.45, 7) is 4.73. The largest absolute Gasteiger partial charge is 0.309 e. The predicted octanol–water partition coefficient (Wildman–Crippen LogP) is 14.3. The Kier molecular flexibility index (Phi) is 6.91. The highest BCUT2D eigenvalue weighted by Crippen LogP contribution is 2.52. The Morgan fingerprint density at radius 2 is 0.923 bits per heavy atom. The molecule has 0 radical (unpaired) electrons. The van der Waals surface area contributed by atoms with Crippen molar-refractivity contribution in [3.05, 3.63) is 199 Å². The normalized spacial score (nSPS) is 13.0. The van der Waals surface area contributed by atoms with Gasteiger partial charge < -0.3 is 4.90 Å². The number of fused-ring (bicyclic) bond motifs is 7. The first-order chi connectivity index (χ1) is 25.6. The molecule has 10 rings (SSSR count). The van der Waals surface area contributed by atoms with Gasteiger partial charge in [-0.25, -0.2) is 0 Å². The standard InChI is InChI=1S/C51H37N/c1-51(2)47-27-11-9-24-44(47)45-30-29-38(33-48(45)51)52(50-32-37-16-4-6-21-41(37)43-23-7-8-25-46(43)50)49-28-12-10-22-42(49)36-19-13-18-35(31-36)40-26-14-17-34-15-3-5-20-39(34)40/h3-33H,1-2H3. The van der Waals surface area contributed by atoms with E-state index in [0.717, 1.165) is 11.4 Å². The molecule has 52 heavy (non-hydrogen) atoms. The van der Waals surface area contributed by atoms with Crippen molar-refractivity contribution in [3.63, 3.8) is 0 Å². The zero-order valence-corrected chi connectivity index (χ0v) is 29.3. The van der Waals surface area contributed by atoms with Crippen LogP contribution < -0.4 is 4.90 Å². The van der Waals surface area contributed by atoms with Crippen LogP contribution in [-0.2, 0) is 5.41 Å². The first-order valence-electron chi connectivity index (χ1n) is 18.2. The Balaban J connectivity index is 1.23. The average molecular weight is 664 g/mol. The highest BCUT2D eigenvalue weighted by Gasteiger charge is 2.36. The maximum Gasteiger partial charge on any atom is 0.0546 e. The molecule has 0 unspecified atom stereocenters. The van der Waals surface area contributed by atoms with E-state index in [1.165, 1.54) is 82.5 Å². The van der Waals surface area contributed by atoms with Gasteiger partial charge in [0.15, 0.2) is 0 Å². The smallest absolute Gasteiger partial charge is 0.0546 e. The maximum absolute atomic E-state index is 2.51. The van der Waals surface area contributed by atoms with Gasteiger partial charge in [0.25, 0.3) is 0 Å². The van der Waals surface area contributed by atoms with Crippen LogP contribution in [0.15, 0.2) is 188 Å². The number of hydrogen-bond acceptors (Lipinski definition) is 1. The summed E-state index contributed by atoms with van der Waals surface area (Å²) in [5, 5.41) is 7.49. The summed E-state index contributed by atoms with van der Waals surface area (Å²) in [5.74, 6) is 0. The van der Waals surface area contributed by atoms with Crippen molar-refractivity contribution in [2.75, 3.05) is 4.90 Å². The van der Waals surface area contributed by atoms with Crippen LogP contribution in [0.4, 0.5) is 17.1 Å². The van der Waals surface area contributed by atoms with E-state index >= 15 is 0 Å². The van der Waals surface area contributed by atoms with E-state index in [0.29, 0.717) is 0 Å². The van der Waals surface area contributed by atoms with E-state index < -0.39 is 0 Å². The Morgan fingerprint density at radius 1 is 0.346 bits per heavy atom.